The van der Waals surface area contributed by atoms with Gasteiger partial charge in [-0.25, -0.2) is 4.79 Å². The van der Waals surface area contributed by atoms with Gasteiger partial charge in [-0.05, 0) is 29.2 Å². The number of aryl methyl sites for hydroxylation is 1. The van der Waals surface area contributed by atoms with Crippen molar-refractivity contribution >= 4 is 11.9 Å². The molecule has 1 atom stereocenters. The molecule has 0 radical (unpaired) electrons. The van der Waals surface area contributed by atoms with Gasteiger partial charge in [-0.15, -0.1) is 0 Å². The second kappa shape index (κ2) is 8.26. The first kappa shape index (κ1) is 17.7. The lowest BCUT2D eigenvalue weighted by atomic mass is 9.91. The molecule has 0 unspecified atom stereocenters. The van der Waals surface area contributed by atoms with Crippen molar-refractivity contribution in [3.05, 3.63) is 59.7 Å². The molecule has 5 heteroatoms. The predicted molar refractivity (Wildman–Crippen MR) is 91.8 cm³/mol. The number of amides is 1. The Hall–Kier alpha value is -2.66. The van der Waals surface area contributed by atoms with Gasteiger partial charge in [-0.3, -0.25) is 4.79 Å². The number of rotatable bonds is 7. The molecule has 0 fully saturated rings. The highest BCUT2D eigenvalue weighted by Crippen LogP contribution is 2.29. The number of carbonyl (C=O) groups is 2. The van der Waals surface area contributed by atoms with Crippen LogP contribution in [0.25, 0.3) is 11.1 Å². The summed E-state index contributed by atoms with van der Waals surface area (Å²) in [4.78, 5) is 23.6. The minimum absolute atomic E-state index is 0.409. The standard InChI is InChI=1S/C19H21NO4/c1-2-7-13-10-6-11-15(17(13)14-8-4-3-5-9-14)18(22)20-16(12-21)19(23)24/h3-6,8-11,16,21H,2,7,12H2,1H3,(H,20,22)(H,23,24)/t16-/m0/s1. The van der Waals surface area contributed by atoms with E-state index in [1.54, 1.807) is 12.1 Å². The van der Waals surface area contributed by atoms with Gasteiger partial charge in [0.15, 0.2) is 6.04 Å². The Bertz CT molecular complexity index is 713. The Kier molecular flexibility index (Phi) is 6.09. The van der Waals surface area contributed by atoms with Crippen molar-refractivity contribution in [3.63, 3.8) is 0 Å². The van der Waals surface area contributed by atoms with Crippen LogP contribution < -0.4 is 5.32 Å². The summed E-state index contributed by atoms with van der Waals surface area (Å²) < 4.78 is 0. The van der Waals surface area contributed by atoms with E-state index in [2.05, 4.69) is 12.2 Å². The van der Waals surface area contributed by atoms with Crippen molar-refractivity contribution in [1.29, 1.82) is 0 Å². The molecule has 5 nitrogen and oxygen atoms in total. The molecule has 0 saturated carbocycles. The number of carboxylic acids is 1. The van der Waals surface area contributed by atoms with Crippen LogP contribution in [0.3, 0.4) is 0 Å². The maximum Gasteiger partial charge on any atom is 0.328 e. The molecule has 0 saturated heterocycles. The van der Waals surface area contributed by atoms with E-state index in [-0.39, 0.29) is 0 Å². The Morgan fingerprint density at radius 3 is 2.38 bits per heavy atom. The summed E-state index contributed by atoms with van der Waals surface area (Å²) in [5.41, 5.74) is 3.15. The number of carboxylic acid groups (broad SMARTS) is 1. The van der Waals surface area contributed by atoms with E-state index in [0.29, 0.717) is 5.56 Å². The summed E-state index contributed by atoms with van der Waals surface area (Å²) in [6.45, 7) is 1.41. The predicted octanol–water partition coefficient (Wildman–Crippen LogP) is 2.48. The van der Waals surface area contributed by atoms with Crippen molar-refractivity contribution in [2.24, 2.45) is 0 Å². The van der Waals surface area contributed by atoms with Gasteiger partial charge in [0.1, 0.15) is 0 Å². The summed E-state index contributed by atoms with van der Waals surface area (Å²) >= 11 is 0. The van der Waals surface area contributed by atoms with Gasteiger partial charge in [0, 0.05) is 5.56 Å². The zero-order valence-electron chi connectivity index (χ0n) is 13.5. The molecular formula is C19H21NO4. The largest absolute Gasteiger partial charge is 0.480 e. The van der Waals surface area contributed by atoms with Gasteiger partial charge in [-0.1, -0.05) is 55.8 Å². The van der Waals surface area contributed by atoms with Crippen LogP contribution in [0, 0.1) is 0 Å². The highest BCUT2D eigenvalue weighted by atomic mass is 16.4. The maximum absolute atomic E-state index is 12.6. The lowest BCUT2D eigenvalue weighted by Crippen LogP contribution is -2.43. The van der Waals surface area contributed by atoms with Crippen molar-refractivity contribution in [1.82, 2.24) is 5.32 Å². The first-order chi connectivity index (χ1) is 11.6. The fraction of sp³-hybridized carbons (Fsp3) is 0.263. The number of aliphatic hydroxyl groups excluding tert-OH is 1. The summed E-state index contributed by atoms with van der Waals surface area (Å²) in [5, 5.41) is 20.5. The lowest BCUT2D eigenvalue weighted by molar-refractivity contribution is -0.140. The molecule has 0 aliphatic heterocycles. The van der Waals surface area contributed by atoms with Gasteiger partial charge in [0.05, 0.1) is 6.61 Å². The minimum atomic E-state index is -1.32. The smallest absolute Gasteiger partial charge is 0.328 e. The van der Waals surface area contributed by atoms with Crippen molar-refractivity contribution in [2.45, 2.75) is 25.8 Å². The van der Waals surface area contributed by atoms with E-state index in [9.17, 15) is 9.59 Å². The Labute approximate surface area is 141 Å². The number of hydrogen-bond acceptors (Lipinski definition) is 3. The molecule has 0 aliphatic carbocycles. The SMILES string of the molecule is CCCc1cccc(C(=O)N[C@@H](CO)C(=O)O)c1-c1ccccc1. The third-order valence-electron chi connectivity index (χ3n) is 3.76. The first-order valence-corrected chi connectivity index (χ1v) is 7.90. The topological polar surface area (TPSA) is 86.6 Å². The monoisotopic (exact) mass is 327 g/mol. The van der Waals surface area contributed by atoms with Gasteiger partial charge in [-0.2, -0.15) is 0 Å². The van der Waals surface area contributed by atoms with E-state index in [0.717, 1.165) is 29.5 Å². The summed E-state index contributed by atoms with van der Waals surface area (Å²) in [7, 11) is 0. The molecule has 0 aromatic heterocycles. The maximum atomic E-state index is 12.6. The van der Waals surface area contributed by atoms with Gasteiger partial charge >= 0.3 is 5.97 Å². The fourth-order valence-electron chi connectivity index (χ4n) is 2.63. The summed E-state index contributed by atoms with van der Waals surface area (Å²) in [5.74, 6) is -1.77. The molecule has 2 rings (SSSR count). The van der Waals surface area contributed by atoms with E-state index in [1.807, 2.05) is 36.4 Å². The number of benzene rings is 2. The van der Waals surface area contributed by atoms with Crippen LogP contribution in [0.5, 0.6) is 0 Å². The van der Waals surface area contributed by atoms with Crippen LogP contribution in [0.4, 0.5) is 0 Å². The number of hydrogen-bond donors (Lipinski definition) is 3. The molecule has 2 aromatic carbocycles. The fourth-order valence-corrected chi connectivity index (χ4v) is 2.63. The zero-order chi connectivity index (χ0) is 17.5. The van der Waals surface area contributed by atoms with Gasteiger partial charge in [0.25, 0.3) is 5.91 Å². The molecular weight excluding hydrogens is 306 g/mol. The third kappa shape index (κ3) is 4.00. The number of nitrogens with one attached hydrogen (secondary N) is 1. The molecule has 2 aromatic rings. The zero-order valence-corrected chi connectivity index (χ0v) is 13.5. The van der Waals surface area contributed by atoms with E-state index in [1.165, 1.54) is 0 Å². The van der Waals surface area contributed by atoms with E-state index < -0.39 is 24.5 Å². The summed E-state index contributed by atoms with van der Waals surface area (Å²) in [6, 6.07) is 13.7. The number of aliphatic carboxylic acids is 1. The van der Waals surface area contributed by atoms with Crippen LogP contribution in [0.15, 0.2) is 48.5 Å². The molecule has 0 aliphatic rings. The van der Waals surface area contributed by atoms with Gasteiger partial charge < -0.3 is 15.5 Å². The first-order valence-electron chi connectivity index (χ1n) is 7.90. The average molecular weight is 327 g/mol. The van der Waals surface area contributed by atoms with Crippen LogP contribution in [-0.2, 0) is 11.2 Å². The highest BCUT2D eigenvalue weighted by molar-refractivity contribution is 6.03. The van der Waals surface area contributed by atoms with Crippen molar-refractivity contribution in [2.75, 3.05) is 6.61 Å². The van der Waals surface area contributed by atoms with E-state index >= 15 is 0 Å². The van der Waals surface area contributed by atoms with Crippen LogP contribution in [-0.4, -0.2) is 34.7 Å². The summed E-state index contributed by atoms with van der Waals surface area (Å²) in [6.07, 6.45) is 1.74. The quantitative estimate of drug-likeness (QED) is 0.729. The normalized spacial score (nSPS) is 11.8. The van der Waals surface area contributed by atoms with Crippen LogP contribution in [0.1, 0.15) is 29.3 Å². The Morgan fingerprint density at radius 1 is 1.08 bits per heavy atom. The molecule has 0 spiro atoms. The van der Waals surface area contributed by atoms with Crippen molar-refractivity contribution < 1.29 is 19.8 Å². The third-order valence-corrected chi connectivity index (χ3v) is 3.76. The van der Waals surface area contributed by atoms with Gasteiger partial charge in [0.2, 0.25) is 0 Å². The lowest BCUT2D eigenvalue weighted by Gasteiger charge is -2.17. The Balaban J connectivity index is 2.48. The van der Waals surface area contributed by atoms with E-state index in [4.69, 9.17) is 10.2 Å². The molecule has 0 bridgehead atoms. The average Bonchev–Trinajstić information content (AvgIpc) is 2.60. The minimum Gasteiger partial charge on any atom is -0.480 e. The second-order valence-electron chi connectivity index (χ2n) is 5.50. The molecule has 0 heterocycles. The van der Waals surface area contributed by atoms with Crippen molar-refractivity contribution in [3.8, 4) is 11.1 Å². The molecule has 1 amide bonds. The number of carbonyl (C=O) groups excluding carboxylic acids is 1. The second-order valence-corrected chi connectivity index (χ2v) is 5.50. The molecule has 126 valence electrons. The number of aliphatic hydroxyl groups is 1. The van der Waals surface area contributed by atoms with Crippen LogP contribution >= 0.6 is 0 Å². The van der Waals surface area contributed by atoms with Crippen LogP contribution in [0.2, 0.25) is 0 Å². The highest BCUT2D eigenvalue weighted by Gasteiger charge is 2.22. The molecule has 24 heavy (non-hydrogen) atoms. The molecule has 3 N–H and O–H groups in total. The Morgan fingerprint density at radius 2 is 1.79 bits per heavy atom.